The number of hydrogen-bond donors (Lipinski definition) is 1. The first kappa shape index (κ1) is 24.4. The van der Waals surface area contributed by atoms with Crippen LogP contribution in [0.15, 0.2) is 29.2 Å². The molecule has 0 saturated carbocycles. The lowest BCUT2D eigenvalue weighted by atomic mass is 10.1. The van der Waals surface area contributed by atoms with Crippen molar-refractivity contribution in [2.45, 2.75) is 64.9 Å². The van der Waals surface area contributed by atoms with Crippen LogP contribution in [0.5, 0.6) is 0 Å². The molecule has 1 N–H and O–H groups in total. The highest BCUT2D eigenvalue weighted by molar-refractivity contribution is 7.89. The van der Waals surface area contributed by atoms with Gasteiger partial charge in [0.15, 0.2) is 0 Å². The molecule has 0 saturated heterocycles. The fraction of sp³-hybridized carbons (Fsp3) is 0.524. The van der Waals surface area contributed by atoms with Crippen molar-refractivity contribution in [1.29, 1.82) is 0 Å². The molecule has 1 atom stereocenters. The predicted molar refractivity (Wildman–Crippen MR) is 119 cm³/mol. The number of carbonyl (C=O) groups excluding carboxylic acids is 1. The molecule has 7 nitrogen and oxygen atoms in total. The van der Waals surface area contributed by atoms with Gasteiger partial charge in [0.2, 0.25) is 15.9 Å². The monoisotopic (exact) mass is 454 g/mol. The Hall–Kier alpha value is -1.90. The highest BCUT2D eigenvalue weighted by Gasteiger charge is 2.30. The maximum absolute atomic E-state index is 13.2. The summed E-state index contributed by atoms with van der Waals surface area (Å²) in [6, 6.07) is 7.06. The molecular formula is C21H31ClN4O3S. The van der Waals surface area contributed by atoms with E-state index >= 15 is 0 Å². The van der Waals surface area contributed by atoms with Crippen LogP contribution in [0.1, 0.15) is 56.6 Å². The zero-order valence-corrected chi connectivity index (χ0v) is 19.8. The van der Waals surface area contributed by atoms with Crippen molar-refractivity contribution >= 4 is 27.5 Å². The van der Waals surface area contributed by atoms with E-state index in [-0.39, 0.29) is 23.4 Å². The Morgan fingerprint density at radius 2 is 1.73 bits per heavy atom. The number of aryl methyl sites for hydroxylation is 1. The summed E-state index contributed by atoms with van der Waals surface area (Å²) in [5, 5.41) is 7.90. The van der Waals surface area contributed by atoms with Gasteiger partial charge < -0.3 is 5.32 Å². The molecule has 1 aromatic carbocycles. The van der Waals surface area contributed by atoms with Gasteiger partial charge in [-0.05, 0) is 51.3 Å². The fourth-order valence-corrected chi connectivity index (χ4v) is 5.57. The van der Waals surface area contributed by atoms with Crippen LogP contribution in [0, 0.1) is 13.8 Å². The minimum absolute atomic E-state index is 0.0539. The molecule has 0 bridgehead atoms. The van der Waals surface area contributed by atoms with E-state index in [4.69, 9.17) is 11.6 Å². The number of rotatable bonds is 10. The number of benzene rings is 1. The molecule has 1 amide bonds. The lowest BCUT2D eigenvalue weighted by Crippen LogP contribution is -2.33. The maximum atomic E-state index is 13.2. The largest absolute Gasteiger partial charge is 0.348 e. The van der Waals surface area contributed by atoms with Crippen LogP contribution in [0.3, 0.4) is 0 Å². The molecule has 0 aliphatic carbocycles. The molecule has 1 heterocycles. The smallest absolute Gasteiger partial charge is 0.246 e. The second-order valence-electron chi connectivity index (χ2n) is 7.40. The van der Waals surface area contributed by atoms with Crippen LogP contribution in [-0.4, -0.2) is 41.5 Å². The minimum atomic E-state index is -3.67. The van der Waals surface area contributed by atoms with E-state index < -0.39 is 10.0 Å². The van der Waals surface area contributed by atoms with Gasteiger partial charge in [-0.2, -0.15) is 9.40 Å². The summed E-state index contributed by atoms with van der Waals surface area (Å²) in [6.45, 7) is 10.0. The van der Waals surface area contributed by atoms with Gasteiger partial charge in [0.1, 0.15) is 11.4 Å². The first-order valence-electron chi connectivity index (χ1n) is 10.2. The maximum Gasteiger partial charge on any atom is 0.246 e. The zero-order valence-electron chi connectivity index (χ0n) is 18.3. The molecule has 2 rings (SSSR count). The van der Waals surface area contributed by atoms with Crippen LogP contribution < -0.4 is 5.32 Å². The minimum Gasteiger partial charge on any atom is -0.348 e. The molecule has 30 heavy (non-hydrogen) atoms. The van der Waals surface area contributed by atoms with Gasteiger partial charge >= 0.3 is 0 Å². The van der Waals surface area contributed by atoms with Crippen molar-refractivity contribution in [1.82, 2.24) is 19.4 Å². The summed E-state index contributed by atoms with van der Waals surface area (Å²) < 4.78 is 29.4. The summed E-state index contributed by atoms with van der Waals surface area (Å²) in [4.78, 5) is 12.8. The Labute approximate surface area is 184 Å². The van der Waals surface area contributed by atoms with E-state index in [0.717, 1.165) is 18.4 Å². The number of amides is 1. The molecule has 2 aromatic rings. The zero-order chi connectivity index (χ0) is 22.5. The standard InChI is InChI=1S/C21H31ClN4O3S/c1-6-12-25(13-7-2)30(28,29)21-16(4)24-26(17(21)5)14-20(27)23-15(3)18-8-10-19(22)11-9-18/h8-11,15H,6-7,12-14H2,1-5H3,(H,23,27). The van der Waals surface area contributed by atoms with Crippen molar-refractivity contribution in [2.24, 2.45) is 0 Å². The van der Waals surface area contributed by atoms with E-state index in [9.17, 15) is 13.2 Å². The Morgan fingerprint density at radius 3 is 2.27 bits per heavy atom. The molecule has 0 aliphatic heterocycles. The fourth-order valence-electron chi connectivity index (χ4n) is 3.45. The SMILES string of the molecule is CCCN(CCC)S(=O)(=O)c1c(C)nn(CC(=O)NC(C)c2ccc(Cl)cc2)c1C. The first-order valence-corrected chi connectivity index (χ1v) is 12.0. The number of sulfonamides is 1. The lowest BCUT2D eigenvalue weighted by molar-refractivity contribution is -0.122. The van der Waals surface area contributed by atoms with Gasteiger partial charge in [-0.25, -0.2) is 8.42 Å². The normalized spacial score (nSPS) is 12.9. The highest BCUT2D eigenvalue weighted by atomic mass is 35.5. The molecule has 0 spiro atoms. The van der Waals surface area contributed by atoms with E-state index in [1.807, 2.05) is 32.9 Å². The second-order valence-corrected chi connectivity index (χ2v) is 9.71. The van der Waals surface area contributed by atoms with Crippen LogP contribution in [-0.2, 0) is 21.4 Å². The molecule has 1 unspecified atom stereocenters. The average Bonchev–Trinajstić information content (AvgIpc) is 2.95. The molecule has 1 aromatic heterocycles. The highest BCUT2D eigenvalue weighted by Crippen LogP contribution is 2.24. The summed E-state index contributed by atoms with van der Waals surface area (Å²) in [6.07, 6.45) is 1.47. The number of halogens is 1. The van der Waals surface area contributed by atoms with E-state index in [0.29, 0.717) is 29.5 Å². The molecule has 0 fully saturated rings. The Balaban J connectivity index is 2.20. The van der Waals surface area contributed by atoms with E-state index in [1.165, 1.54) is 8.99 Å². The summed E-state index contributed by atoms with van der Waals surface area (Å²) >= 11 is 5.91. The molecular weight excluding hydrogens is 424 g/mol. The predicted octanol–water partition coefficient (Wildman–Crippen LogP) is 3.84. The van der Waals surface area contributed by atoms with E-state index in [2.05, 4.69) is 10.4 Å². The average molecular weight is 455 g/mol. The Bertz CT molecular complexity index is 965. The molecule has 0 aliphatic rings. The number of carbonyl (C=O) groups is 1. The number of hydrogen-bond acceptors (Lipinski definition) is 4. The Kier molecular flexibility index (Phi) is 8.46. The van der Waals surface area contributed by atoms with Crippen molar-refractivity contribution in [3.63, 3.8) is 0 Å². The third-order valence-corrected chi connectivity index (χ3v) is 7.30. The molecule has 9 heteroatoms. The van der Waals surface area contributed by atoms with Crippen molar-refractivity contribution in [3.05, 3.63) is 46.2 Å². The topological polar surface area (TPSA) is 84.3 Å². The quantitative estimate of drug-likeness (QED) is 0.591. The lowest BCUT2D eigenvalue weighted by Gasteiger charge is -2.21. The van der Waals surface area contributed by atoms with Crippen LogP contribution in [0.4, 0.5) is 0 Å². The number of nitrogens with one attached hydrogen (secondary N) is 1. The van der Waals surface area contributed by atoms with Gasteiger partial charge in [0, 0.05) is 18.1 Å². The van der Waals surface area contributed by atoms with Crippen molar-refractivity contribution in [3.8, 4) is 0 Å². The van der Waals surface area contributed by atoms with Crippen LogP contribution in [0.2, 0.25) is 5.02 Å². The third kappa shape index (κ3) is 5.62. The van der Waals surface area contributed by atoms with Crippen LogP contribution in [0.25, 0.3) is 0 Å². The molecule has 0 radical (unpaired) electrons. The van der Waals surface area contributed by atoms with E-state index in [1.54, 1.807) is 26.0 Å². The third-order valence-electron chi connectivity index (χ3n) is 4.90. The molecule has 166 valence electrons. The van der Waals surface area contributed by atoms with Crippen molar-refractivity contribution < 1.29 is 13.2 Å². The van der Waals surface area contributed by atoms with Gasteiger partial charge in [-0.15, -0.1) is 0 Å². The van der Waals surface area contributed by atoms with Gasteiger partial charge in [-0.3, -0.25) is 9.48 Å². The van der Waals surface area contributed by atoms with Crippen LogP contribution >= 0.6 is 11.6 Å². The van der Waals surface area contributed by atoms with Crippen molar-refractivity contribution in [2.75, 3.05) is 13.1 Å². The summed E-state index contributed by atoms with van der Waals surface area (Å²) in [5.41, 5.74) is 1.81. The summed E-state index contributed by atoms with van der Waals surface area (Å²) in [7, 11) is -3.67. The summed E-state index contributed by atoms with van der Waals surface area (Å²) in [5.74, 6) is -0.244. The first-order chi connectivity index (χ1) is 14.1. The second kappa shape index (κ2) is 10.4. The van der Waals surface area contributed by atoms with Gasteiger partial charge in [-0.1, -0.05) is 37.6 Å². The number of nitrogens with zero attached hydrogens (tertiary/aromatic N) is 3. The van der Waals surface area contributed by atoms with Gasteiger partial charge in [0.25, 0.3) is 0 Å². The number of aromatic nitrogens is 2. The van der Waals surface area contributed by atoms with Gasteiger partial charge in [0.05, 0.1) is 17.4 Å². The Morgan fingerprint density at radius 1 is 1.17 bits per heavy atom.